The highest BCUT2D eigenvalue weighted by Gasteiger charge is 2.25. The number of hydrogen-bond donors (Lipinski definition) is 2. The van der Waals surface area contributed by atoms with E-state index in [-0.39, 0.29) is 17.9 Å². The van der Waals surface area contributed by atoms with Crippen molar-refractivity contribution in [3.63, 3.8) is 0 Å². The van der Waals surface area contributed by atoms with Gasteiger partial charge in [-0.25, -0.2) is 9.97 Å². The lowest BCUT2D eigenvalue weighted by Crippen LogP contribution is -2.52. The van der Waals surface area contributed by atoms with E-state index in [4.69, 9.17) is 0 Å². The van der Waals surface area contributed by atoms with Crippen LogP contribution in [0.4, 0.5) is 5.95 Å². The number of piperazine rings is 1. The number of carbonyl (C=O) groups is 2. The van der Waals surface area contributed by atoms with Crippen LogP contribution in [0, 0.1) is 0 Å². The molecule has 0 bridgehead atoms. The summed E-state index contributed by atoms with van der Waals surface area (Å²) in [5.41, 5.74) is 0. The Balaban J connectivity index is 1.44. The van der Waals surface area contributed by atoms with E-state index in [9.17, 15) is 9.59 Å². The molecule has 2 aliphatic heterocycles. The summed E-state index contributed by atoms with van der Waals surface area (Å²) in [7, 11) is 0. The van der Waals surface area contributed by atoms with Crippen molar-refractivity contribution in [2.24, 2.45) is 0 Å². The molecule has 1 atom stereocenters. The van der Waals surface area contributed by atoms with Crippen LogP contribution in [-0.4, -0.2) is 72.0 Å². The van der Waals surface area contributed by atoms with Crippen LogP contribution in [0.3, 0.4) is 0 Å². The molecule has 0 unspecified atom stereocenters. The van der Waals surface area contributed by atoms with Gasteiger partial charge in [0.1, 0.15) is 6.04 Å². The molecule has 1 aromatic heterocycles. The molecule has 3 rings (SSSR count). The van der Waals surface area contributed by atoms with Crippen LogP contribution in [0.25, 0.3) is 0 Å². The normalized spacial score (nSPS) is 22.6. The molecule has 2 saturated heterocycles. The minimum atomic E-state index is -0.390. The van der Waals surface area contributed by atoms with Gasteiger partial charge < -0.3 is 15.5 Å². The predicted octanol–water partition coefficient (Wildman–Crippen LogP) is -0.616. The summed E-state index contributed by atoms with van der Waals surface area (Å²) in [6.07, 6.45) is 6.12. The van der Waals surface area contributed by atoms with Gasteiger partial charge in [-0.2, -0.15) is 0 Å². The average Bonchev–Trinajstić information content (AvgIpc) is 2.81. The van der Waals surface area contributed by atoms with E-state index >= 15 is 0 Å². The van der Waals surface area contributed by atoms with Gasteiger partial charge in [0.05, 0.1) is 6.54 Å². The van der Waals surface area contributed by atoms with Gasteiger partial charge in [-0.1, -0.05) is 0 Å². The molecule has 24 heavy (non-hydrogen) atoms. The molecule has 130 valence electrons. The zero-order valence-corrected chi connectivity index (χ0v) is 13.8. The maximum Gasteiger partial charge on any atom is 0.242 e. The van der Waals surface area contributed by atoms with Gasteiger partial charge in [0, 0.05) is 45.1 Å². The standard InChI is InChI=1S/C16H24N6O2/c23-14(20-13-4-1-2-5-17-15(13)24)12-21-8-10-22(11-9-21)16-18-6-3-7-19-16/h3,6-7,13H,1-2,4-5,8-12H2,(H,17,24)(H,20,23)/t13-/m0/s1. The van der Waals surface area contributed by atoms with E-state index in [0.29, 0.717) is 13.1 Å². The molecule has 3 heterocycles. The van der Waals surface area contributed by atoms with Crippen LogP contribution in [0.15, 0.2) is 18.5 Å². The molecular weight excluding hydrogens is 308 g/mol. The van der Waals surface area contributed by atoms with E-state index in [1.54, 1.807) is 18.5 Å². The van der Waals surface area contributed by atoms with Crippen LogP contribution in [0.1, 0.15) is 19.3 Å². The molecule has 2 aliphatic rings. The Labute approximate surface area is 141 Å². The van der Waals surface area contributed by atoms with E-state index in [1.165, 1.54) is 0 Å². The lowest BCUT2D eigenvalue weighted by atomic mass is 10.1. The van der Waals surface area contributed by atoms with Gasteiger partial charge in [-0.3, -0.25) is 14.5 Å². The van der Waals surface area contributed by atoms with Crippen molar-refractivity contribution in [3.05, 3.63) is 18.5 Å². The SMILES string of the molecule is O=C(CN1CCN(c2ncccn2)CC1)N[C@H]1CCCCNC1=O. The van der Waals surface area contributed by atoms with Crippen LogP contribution in [0.5, 0.6) is 0 Å². The van der Waals surface area contributed by atoms with Crippen LogP contribution in [0.2, 0.25) is 0 Å². The molecule has 0 aromatic carbocycles. The van der Waals surface area contributed by atoms with Crippen molar-refractivity contribution in [2.45, 2.75) is 25.3 Å². The van der Waals surface area contributed by atoms with E-state index in [1.807, 2.05) is 0 Å². The van der Waals surface area contributed by atoms with Gasteiger partial charge >= 0.3 is 0 Å². The molecule has 0 aliphatic carbocycles. The highest BCUT2D eigenvalue weighted by atomic mass is 16.2. The number of carbonyl (C=O) groups excluding carboxylic acids is 2. The summed E-state index contributed by atoms with van der Waals surface area (Å²) < 4.78 is 0. The lowest BCUT2D eigenvalue weighted by Gasteiger charge is -2.34. The fraction of sp³-hybridized carbons (Fsp3) is 0.625. The summed E-state index contributed by atoms with van der Waals surface area (Å²) in [4.78, 5) is 36.8. The lowest BCUT2D eigenvalue weighted by molar-refractivity contribution is -0.129. The maximum absolute atomic E-state index is 12.2. The Bertz CT molecular complexity index is 559. The molecule has 1 aromatic rings. The summed E-state index contributed by atoms with van der Waals surface area (Å²) >= 11 is 0. The molecule has 0 saturated carbocycles. The Morgan fingerprint density at radius 2 is 1.96 bits per heavy atom. The van der Waals surface area contributed by atoms with Crippen molar-refractivity contribution in [2.75, 3.05) is 44.2 Å². The van der Waals surface area contributed by atoms with Crippen molar-refractivity contribution >= 4 is 17.8 Å². The summed E-state index contributed by atoms with van der Waals surface area (Å²) in [6, 6.07) is 1.41. The zero-order valence-electron chi connectivity index (χ0n) is 13.8. The predicted molar refractivity (Wildman–Crippen MR) is 89.5 cm³/mol. The number of aromatic nitrogens is 2. The van der Waals surface area contributed by atoms with E-state index in [2.05, 4.69) is 30.4 Å². The third-order valence-corrected chi connectivity index (χ3v) is 4.45. The Morgan fingerprint density at radius 1 is 1.21 bits per heavy atom. The number of hydrogen-bond acceptors (Lipinski definition) is 6. The Morgan fingerprint density at radius 3 is 2.71 bits per heavy atom. The molecular formula is C16H24N6O2. The van der Waals surface area contributed by atoms with Gasteiger partial charge in [-0.15, -0.1) is 0 Å². The minimum Gasteiger partial charge on any atom is -0.354 e. The molecule has 0 radical (unpaired) electrons. The first-order valence-electron chi connectivity index (χ1n) is 8.54. The van der Waals surface area contributed by atoms with Crippen molar-refractivity contribution in [1.82, 2.24) is 25.5 Å². The topological polar surface area (TPSA) is 90.5 Å². The summed E-state index contributed by atoms with van der Waals surface area (Å²) in [6.45, 7) is 4.18. The third-order valence-electron chi connectivity index (χ3n) is 4.45. The Kier molecular flexibility index (Phi) is 5.58. The zero-order chi connectivity index (χ0) is 16.8. The molecule has 2 N–H and O–H groups in total. The first-order chi connectivity index (χ1) is 11.7. The quantitative estimate of drug-likeness (QED) is 0.764. The fourth-order valence-corrected chi connectivity index (χ4v) is 3.08. The Hall–Kier alpha value is -2.22. The number of nitrogens with zero attached hydrogens (tertiary/aromatic N) is 4. The molecule has 8 nitrogen and oxygen atoms in total. The smallest absolute Gasteiger partial charge is 0.242 e. The second kappa shape index (κ2) is 8.05. The van der Waals surface area contributed by atoms with Gasteiger partial charge in [0.2, 0.25) is 17.8 Å². The van der Waals surface area contributed by atoms with Crippen LogP contribution >= 0.6 is 0 Å². The summed E-state index contributed by atoms with van der Waals surface area (Å²) in [5.74, 6) is 0.588. The van der Waals surface area contributed by atoms with Crippen molar-refractivity contribution in [3.8, 4) is 0 Å². The third kappa shape index (κ3) is 4.41. The first kappa shape index (κ1) is 16.6. The van der Waals surface area contributed by atoms with E-state index < -0.39 is 0 Å². The van der Waals surface area contributed by atoms with Gasteiger partial charge in [-0.05, 0) is 25.3 Å². The molecule has 2 amide bonds. The largest absolute Gasteiger partial charge is 0.354 e. The maximum atomic E-state index is 12.2. The second-order valence-electron chi connectivity index (χ2n) is 6.22. The molecule has 8 heteroatoms. The number of rotatable bonds is 4. The van der Waals surface area contributed by atoms with Crippen LogP contribution in [-0.2, 0) is 9.59 Å². The number of nitrogens with one attached hydrogen (secondary N) is 2. The van der Waals surface area contributed by atoms with Crippen molar-refractivity contribution in [1.29, 1.82) is 0 Å². The highest BCUT2D eigenvalue weighted by molar-refractivity contribution is 5.88. The molecule has 0 spiro atoms. The first-order valence-corrected chi connectivity index (χ1v) is 8.54. The monoisotopic (exact) mass is 332 g/mol. The van der Waals surface area contributed by atoms with Crippen molar-refractivity contribution < 1.29 is 9.59 Å². The number of amides is 2. The van der Waals surface area contributed by atoms with E-state index in [0.717, 1.165) is 51.4 Å². The fourth-order valence-electron chi connectivity index (χ4n) is 3.08. The summed E-state index contributed by atoms with van der Waals surface area (Å²) in [5, 5.41) is 5.71. The second-order valence-corrected chi connectivity index (χ2v) is 6.22. The van der Waals surface area contributed by atoms with Gasteiger partial charge in [0.15, 0.2) is 0 Å². The number of anilines is 1. The average molecular weight is 332 g/mol. The highest BCUT2D eigenvalue weighted by Crippen LogP contribution is 2.10. The molecule has 2 fully saturated rings. The van der Waals surface area contributed by atoms with Gasteiger partial charge in [0.25, 0.3) is 0 Å². The van der Waals surface area contributed by atoms with Crippen LogP contribution < -0.4 is 15.5 Å². The minimum absolute atomic E-state index is 0.0631.